The average molecular weight is 464 g/mol. The smallest absolute Gasteiger partial charge is 0.425 e. The number of hydrogen-bond acceptors (Lipinski definition) is 4. The van der Waals surface area contributed by atoms with Crippen LogP contribution < -0.4 is 14.2 Å². The molecule has 32 heavy (non-hydrogen) atoms. The lowest BCUT2D eigenvalue weighted by molar-refractivity contribution is -0.191. The Morgan fingerprint density at radius 2 is 1.84 bits per heavy atom. The van der Waals surface area contributed by atoms with Crippen LogP contribution in [0.5, 0.6) is 17.2 Å². The Balaban J connectivity index is 1.81. The summed E-state index contributed by atoms with van der Waals surface area (Å²) >= 11 is 0. The first-order chi connectivity index (χ1) is 14.9. The molecule has 2 aromatic rings. The van der Waals surface area contributed by atoms with Gasteiger partial charge < -0.3 is 14.2 Å². The van der Waals surface area contributed by atoms with Gasteiger partial charge in [0, 0.05) is 17.7 Å². The number of carbonyl (C=O) groups is 1. The number of carbonyl (C=O) groups excluding carboxylic acids is 1. The molecule has 1 heterocycles. The maximum atomic E-state index is 14.3. The van der Waals surface area contributed by atoms with Crippen molar-refractivity contribution < 1.29 is 49.7 Å². The molecule has 0 N–H and O–H groups in total. The minimum atomic E-state index is -4.98. The number of benzene rings is 2. The van der Waals surface area contributed by atoms with Crippen molar-refractivity contribution in [1.29, 1.82) is 0 Å². The van der Waals surface area contributed by atoms with Crippen molar-refractivity contribution in [3.05, 3.63) is 58.4 Å². The standard InChI is InChI=1S/C21H15F7O4/c1-11(20(23,24)25)32-18-3-2-12(5-16(18)21(26,27)28)9-30-14-6-17(22)15-4-13(8-29)10-31-19(15)7-14/h2-8,11H,9-10H2,1H3/t11-/m0/s1. The van der Waals surface area contributed by atoms with E-state index in [1.165, 1.54) is 12.1 Å². The van der Waals surface area contributed by atoms with Gasteiger partial charge in [-0.05, 0) is 30.7 Å². The van der Waals surface area contributed by atoms with Crippen LogP contribution in [0.4, 0.5) is 30.7 Å². The van der Waals surface area contributed by atoms with Gasteiger partial charge in [0.25, 0.3) is 0 Å². The summed E-state index contributed by atoms with van der Waals surface area (Å²) in [5, 5.41) is 0. The normalized spacial score (nSPS) is 14.7. The molecule has 172 valence electrons. The van der Waals surface area contributed by atoms with E-state index in [0.29, 0.717) is 19.3 Å². The van der Waals surface area contributed by atoms with E-state index in [1.54, 1.807) is 0 Å². The molecule has 11 heteroatoms. The van der Waals surface area contributed by atoms with Gasteiger partial charge in [0.15, 0.2) is 6.10 Å². The summed E-state index contributed by atoms with van der Waals surface area (Å²) in [7, 11) is 0. The molecule has 0 fully saturated rings. The van der Waals surface area contributed by atoms with Crippen molar-refractivity contribution in [3.63, 3.8) is 0 Å². The number of ether oxygens (including phenoxy) is 3. The van der Waals surface area contributed by atoms with E-state index < -0.39 is 42.2 Å². The second kappa shape index (κ2) is 8.71. The van der Waals surface area contributed by atoms with Crippen molar-refractivity contribution in [2.45, 2.75) is 32.0 Å². The lowest BCUT2D eigenvalue weighted by atomic mass is 10.1. The maximum Gasteiger partial charge on any atom is 0.425 e. The molecule has 0 unspecified atom stereocenters. The fourth-order valence-electron chi connectivity index (χ4n) is 2.78. The molecule has 3 rings (SSSR count). The van der Waals surface area contributed by atoms with Crippen LogP contribution in [-0.4, -0.2) is 25.2 Å². The first kappa shape index (κ1) is 23.4. The fraction of sp³-hybridized carbons (Fsp3) is 0.286. The molecular weight excluding hydrogens is 449 g/mol. The number of alkyl halides is 6. The predicted octanol–water partition coefficient (Wildman–Crippen LogP) is 5.73. The number of aldehydes is 1. The van der Waals surface area contributed by atoms with Gasteiger partial charge >= 0.3 is 12.4 Å². The monoisotopic (exact) mass is 464 g/mol. The van der Waals surface area contributed by atoms with Crippen molar-refractivity contribution in [3.8, 4) is 17.2 Å². The van der Waals surface area contributed by atoms with Gasteiger partial charge in [-0.1, -0.05) is 6.07 Å². The quantitative estimate of drug-likeness (QED) is 0.405. The van der Waals surface area contributed by atoms with E-state index in [1.807, 2.05) is 0 Å². The Labute approximate surface area is 177 Å². The van der Waals surface area contributed by atoms with Crippen LogP contribution in [0.1, 0.15) is 23.6 Å². The lowest BCUT2D eigenvalue weighted by Crippen LogP contribution is -2.31. The highest BCUT2D eigenvalue weighted by atomic mass is 19.4. The molecule has 0 radical (unpaired) electrons. The largest absolute Gasteiger partial charge is 0.489 e. The van der Waals surface area contributed by atoms with E-state index >= 15 is 0 Å². The van der Waals surface area contributed by atoms with E-state index in [0.717, 1.165) is 18.2 Å². The maximum absolute atomic E-state index is 14.3. The third kappa shape index (κ3) is 5.32. The number of rotatable bonds is 6. The van der Waals surface area contributed by atoms with Crippen LogP contribution in [0.3, 0.4) is 0 Å². The highest BCUT2D eigenvalue weighted by Gasteiger charge is 2.41. The van der Waals surface area contributed by atoms with Gasteiger partial charge in [-0.2, -0.15) is 26.3 Å². The second-order valence-corrected chi connectivity index (χ2v) is 6.86. The lowest BCUT2D eigenvalue weighted by Gasteiger charge is -2.21. The molecule has 1 aliphatic rings. The summed E-state index contributed by atoms with van der Waals surface area (Å²) in [6.07, 6.45) is -10.4. The average Bonchev–Trinajstić information content (AvgIpc) is 2.71. The Morgan fingerprint density at radius 1 is 1.12 bits per heavy atom. The summed E-state index contributed by atoms with van der Waals surface area (Å²) in [5.74, 6) is -1.70. The first-order valence-corrected chi connectivity index (χ1v) is 9.07. The highest BCUT2D eigenvalue weighted by molar-refractivity contribution is 5.84. The van der Waals surface area contributed by atoms with E-state index in [9.17, 15) is 35.5 Å². The van der Waals surface area contributed by atoms with Crippen LogP contribution in [0.2, 0.25) is 0 Å². The summed E-state index contributed by atoms with van der Waals surface area (Å²) in [5.41, 5.74) is -1.18. The van der Waals surface area contributed by atoms with Gasteiger partial charge in [-0.25, -0.2) is 4.39 Å². The molecule has 4 nitrogen and oxygen atoms in total. The van der Waals surface area contributed by atoms with Crippen LogP contribution in [0.25, 0.3) is 6.08 Å². The molecule has 0 bridgehead atoms. The van der Waals surface area contributed by atoms with E-state index in [4.69, 9.17) is 9.47 Å². The summed E-state index contributed by atoms with van der Waals surface area (Å²) in [6, 6.07) is 4.76. The minimum absolute atomic E-state index is 0.0327. The molecule has 0 aromatic heterocycles. The van der Waals surface area contributed by atoms with E-state index in [-0.39, 0.29) is 34.8 Å². The van der Waals surface area contributed by atoms with Crippen molar-refractivity contribution >= 4 is 12.4 Å². The predicted molar refractivity (Wildman–Crippen MR) is 97.9 cm³/mol. The Hall–Kier alpha value is -3.24. The molecule has 1 aliphatic heterocycles. The van der Waals surface area contributed by atoms with E-state index in [2.05, 4.69) is 4.74 Å². The Kier molecular flexibility index (Phi) is 6.38. The van der Waals surface area contributed by atoms with Crippen LogP contribution in [-0.2, 0) is 17.6 Å². The minimum Gasteiger partial charge on any atom is -0.489 e. The van der Waals surface area contributed by atoms with Crippen molar-refractivity contribution in [2.24, 2.45) is 0 Å². The Morgan fingerprint density at radius 3 is 2.47 bits per heavy atom. The molecule has 0 saturated carbocycles. The van der Waals surface area contributed by atoms with Crippen LogP contribution in [0, 0.1) is 5.82 Å². The van der Waals surface area contributed by atoms with Crippen LogP contribution in [0.15, 0.2) is 35.9 Å². The zero-order chi connectivity index (χ0) is 23.7. The third-order valence-electron chi connectivity index (χ3n) is 4.46. The summed E-state index contributed by atoms with van der Waals surface area (Å²) < 4.78 is 107. The molecule has 0 spiro atoms. The van der Waals surface area contributed by atoms with Gasteiger partial charge in [-0.3, -0.25) is 4.79 Å². The number of halogens is 7. The third-order valence-corrected chi connectivity index (χ3v) is 4.46. The molecule has 0 amide bonds. The highest BCUT2D eigenvalue weighted by Crippen LogP contribution is 2.39. The zero-order valence-corrected chi connectivity index (χ0v) is 16.3. The number of fused-ring (bicyclic) bond motifs is 1. The molecular formula is C21H15F7O4. The second-order valence-electron chi connectivity index (χ2n) is 6.86. The fourth-order valence-corrected chi connectivity index (χ4v) is 2.78. The van der Waals surface area contributed by atoms with Crippen molar-refractivity contribution in [2.75, 3.05) is 6.61 Å². The van der Waals surface area contributed by atoms with Gasteiger partial charge in [0.05, 0.1) is 11.1 Å². The molecule has 2 aromatic carbocycles. The molecule has 0 saturated heterocycles. The van der Waals surface area contributed by atoms with Crippen molar-refractivity contribution in [1.82, 2.24) is 0 Å². The van der Waals surface area contributed by atoms with Gasteiger partial charge in [0.2, 0.25) is 0 Å². The van der Waals surface area contributed by atoms with Gasteiger partial charge in [0.1, 0.15) is 42.6 Å². The SMILES string of the molecule is C[C@H](Oc1ccc(COc2cc(F)c3c(c2)OCC(C=O)=C3)cc1C(F)(F)F)C(F)(F)F. The molecule has 1 atom stereocenters. The Bertz CT molecular complexity index is 1040. The summed E-state index contributed by atoms with van der Waals surface area (Å²) in [4.78, 5) is 10.8. The molecule has 0 aliphatic carbocycles. The number of hydrogen-bond donors (Lipinski definition) is 0. The topological polar surface area (TPSA) is 44.8 Å². The zero-order valence-electron chi connectivity index (χ0n) is 16.3. The summed E-state index contributed by atoms with van der Waals surface area (Å²) in [6.45, 7) is 0.0785. The van der Waals surface area contributed by atoms with Gasteiger partial charge in [-0.15, -0.1) is 0 Å². The van der Waals surface area contributed by atoms with Crippen LogP contribution >= 0.6 is 0 Å². The first-order valence-electron chi connectivity index (χ1n) is 9.07.